The van der Waals surface area contributed by atoms with E-state index in [1.54, 1.807) is 10.9 Å². The van der Waals surface area contributed by atoms with E-state index in [0.29, 0.717) is 24.3 Å². The molecule has 1 amide bonds. The first kappa shape index (κ1) is 16.1. The van der Waals surface area contributed by atoms with Crippen LogP contribution in [-0.4, -0.2) is 57.7 Å². The molecule has 3 saturated heterocycles. The Morgan fingerprint density at radius 1 is 1.15 bits per heavy atom. The summed E-state index contributed by atoms with van der Waals surface area (Å²) in [6.45, 7) is 4.66. The van der Waals surface area contributed by atoms with Gasteiger partial charge in [-0.1, -0.05) is 0 Å². The smallest absolute Gasteiger partial charge is 0.289 e. The number of piperidine rings is 1. The lowest BCUT2D eigenvalue weighted by atomic mass is 9.95. The van der Waals surface area contributed by atoms with Crippen molar-refractivity contribution in [3.8, 4) is 0 Å². The molecule has 0 radical (unpaired) electrons. The maximum Gasteiger partial charge on any atom is 0.289 e. The molecule has 2 aromatic heterocycles. The number of amides is 1. The molecule has 2 unspecified atom stereocenters. The zero-order valence-corrected chi connectivity index (χ0v) is 15.1. The van der Waals surface area contributed by atoms with Gasteiger partial charge in [-0.25, -0.2) is 0 Å². The van der Waals surface area contributed by atoms with E-state index >= 15 is 0 Å². The van der Waals surface area contributed by atoms with Crippen LogP contribution in [0.2, 0.25) is 0 Å². The van der Waals surface area contributed by atoms with E-state index in [0.717, 1.165) is 31.3 Å². The number of fused-ring (bicyclic) bond motifs is 4. The Bertz CT molecular complexity index is 765. The van der Waals surface area contributed by atoms with E-state index in [4.69, 9.17) is 4.42 Å². The average molecular weight is 354 g/mol. The fourth-order valence-electron chi connectivity index (χ4n) is 4.49. The van der Waals surface area contributed by atoms with Crippen LogP contribution in [0.25, 0.3) is 0 Å². The summed E-state index contributed by atoms with van der Waals surface area (Å²) >= 11 is 0. The predicted octanol–water partition coefficient (Wildman–Crippen LogP) is 2.47. The van der Waals surface area contributed by atoms with Crippen LogP contribution in [0, 0.1) is 11.8 Å². The Balaban J connectivity index is 1.27. The first-order valence-corrected chi connectivity index (χ1v) is 9.84. The number of carbonyl (C=O) groups excluding carboxylic acids is 1. The van der Waals surface area contributed by atoms with Crippen molar-refractivity contribution in [3.05, 3.63) is 42.1 Å². The predicted molar refractivity (Wildman–Crippen MR) is 96.7 cm³/mol. The molecule has 0 N–H and O–H groups in total. The van der Waals surface area contributed by atoms with Gasteiger partial charge in [0.25, 0.3) is 5.91 Å². The Morgan fingerprint density at radius 3 is 2.88 bits per heavy atom. The van der Waals surface area contributed by atoms with E-state index < -0.39 is 0 Å². The SMILES string of the molecule is O=C(c1ccc(Cn2cccn2)o1)N1CC2CCC(C1)N(CC1CC1)C2. The Kier molecular flexibility index (Phi) is 4.08. The summed E-state index contributed by atoms with van der Waals surface area (Å²) in [5, 5.41) is 4.19. The molecule has 5 heterocycles. The molecule has 4 fully saturated rings. The quantitative estimate of drug-likeness (QED) is 0.828. The fraction of sp³-hybridized carbons (Fsp3) is 0.600. The van der Waals surface area contributed by atoms with Crippen LogP contribution in [0.3, 0.4) is 0 Å². The highest BCUT2D eigenvalue weighted by Gasteiger charge is 2.39. The van der Waals surface area contributed by atoms with Crippen molar-refractivity contribution in [2.75, 3.05) is 26.2 Å². The third-order valence-corrected chi connectivity index (χ3v) is 6.05. The highest BCUT2D eigenvalue weighted by atomic mass is 16.4. The van der Waals surface area contributed by atoms with Gasteiger partial charge in [0.1, 0.15) is 5.76 Å². The summed E-state index contributed by atoms with van der Waals surface area (Å²) in [6, 6.07) is 6.11. The first-order chi connectivity index (χ1) is 12.7. The van der Waals surface area contributed by atoms with Gasteiger partial charge in [-0.05, 0) is 55.7 Å². The van der Waals surface area contributed by atoms with Gasteiger partial charge in [0, 0.05) is 44.6 Å². The van der Waals surface area contributed by atoms with Crippen molar-refractivity contribution in [2.45, 2.75) is 38.3 Å². The van der Waals surface area contributed by atoms with Crippen molar-refractivity contribution in [2.24, 2.45) is 11.8 Å². The average Bonchev–Trinajstić information content (AvgIpc) is 3.22. The molecule has 138 valence electrons. The third kappa shape index (κ3) is 3.30. The first-order valence-electron chi connectivity index (χ1n) is 9.84. The highest BCUT2D eigenvalue weighted by Crippen LogP contribution is 2.35. The van der Waals surface area contributed by atoms with E-state index in [2.05, 4.69) is 10.00 Å². The minimum absolute atomic E-state index is 0.0434. The van der Waals surface area contributed by atoms with E-state index in [9.17, 15) is 4.79 Å². The lowest BCUT2D eigenvalue weighted by Crippen LogP contribution is -2.45. The maximum absolute atomic E-state index is 13.0. The van der Waals surface area contributed by atoms with E-state index in [-0.39, 0.29) is 5.91 Å². The summed E-state index contributed by atoms with van der Waals surface area (Å²) in [5.41, 5.74) is 0. The van der Waals surface area contributed by atoms with Gasteiger partial charge >= 0.3 is 0 Å². The normalized spacial score (nSPS) is 26.2. The lowest BCUT2D eigenvalue weighted by Gasteiger charge is -2.36. The van der Waals surface area contributed by atoms with Crippen molar-refractivity contribution in [1.82, 2.24) is 19.6 Å². The standard InChI is InChI=1S/C20H26N4O2/c25-20(19-7-6-18(26-19)14-24-9-1-8-21-24)23-12-16-4-5-17(13-23)22(11-16)10-15-2-3-15/h1,6-9,15-17H,2-5,10-14H2. The molecule has 6 rings (SSSR count). The highest BCUT2D eigenvalue weighted by molar-refractivity contribution is 5.91. The van der Waals surface area contributed by atoms with Crippen molar-refractivity contribution in [3.63, 3.8) is 0 Å². The largest absolute Gasteiger partial charge is 0.454 e. The van der Waals surface area contributed by atoms with Crippen LogP contribution in [0.5, 0.6) is 0 Å². The van der Waals surface area contributed by atoms with Gasteiger partial charge < -0.3 is 9.32 Å². The Morgan fingerprint density at radius 2 is 2.08 bits per heavy atom. The number of hydrogen-bond acceptors (Lipinski definition) is 4. The molecule has 1 aliphatic carbocycles. The fourth-order valence-corrected chi connectivity index (χ4v) is 4.49. The Hall–Kier alpha value is -2.08. The van der Waals surface area contributed by atoms with Gasteiger partial charge in [0.2, 0.25) is 0 Å². The molecule has 4 aliphatic rings. The Labute approximate surface area is 153 Å². The second-order valence-corrected chi connectivity index (χ2v) is 8.17. The van der Waals surface area contributed by atoms with Crippen LogP contribution in [0.1, 0.15) is 42.0 Å². The molecule has 2 bridgehead atoms. The minimum atomic E-state index is 0.0434. The summed E-state index contributed by atoms with van der Waals surface area (Å²) < 4.78 is 7.64. The molecule has 3 aliphatic heterocycles. The van der Waals surface area contributed by atoms with Crippen molar-refractivity contribution < 1.29 is 9.21 Å². The van der Waals surface area contributed by atoms with Crippen molar-refractivity contribution in [1.29, 1.82) is 0 Å². The van der Waals surface area contributed by atoms with Crippen LogP contribution in [0.15, 0.2) is 35.0 Å². The molecule has 0 aromatic carbocycles. The van der Waals surface area contributed by atoms with Gasteiger partial charge in [0.15, 0.2) is 5.76 Å². The molecule has 2 atom stereocenters. The zero-order valence-electron chi connectivity index (χ0n) is 15.1. The van der Waals surface area contributed by atoms with Gasteiger partial charge in [-0.2, -0.15) is 5.10 Å². The summed E-state index contributed by atoms with van der Waals surface area (Å²) in [6.07, 6.45) is 8.90. The number of hydrogen-bond donors (Lipinski definition) is 0. The number of carbonyl (C=O) groups is 1. The summed E-state index contributed by atoms with van der Waals surface area (Å²) in [5.74, 6) is 2.79. The molecular weight excluding hydrogens is 328 g/mol. The second-order valence-electron chi connectivity index (χ2n) is 8.17. The summed E-state index contributed by atoms with van der Waals surface area (Å²) in [4.78, 5) is 17.7. The monoisotopic (exact) mass is 354 g/mol. The molecule has 6 heteroatoms. The molecule has 1 saturated carbocycles. The number of furan rings is 1. The summed E-state index contributed by atoms with van der Waals surface area (Å²) in [7, 11) is 0. The van der Waals surface area contributed by atoms with Crippen LogP contribution < -0.4 is 0 Å². The third-order valence-electron chi connectivity index (χ3n) is 6.05. The lowest BCUT2D eigenvalue weighted by molar-refractivity contribution is 0.0703. The topological polar surface area (TPSA) is 54.5 Å². The van der Waals surface area contributed by atoms with Crippen LogP contribution in [-0.2, 0) is 6.54 Å². The minimum Gasteiger partial charge on any atom is -0.454 e. The number of aromatic nitrogens is 2. The molecule has 26 heavy (non-hydrogen) atoms. The number of nitrogens with zero attached hydrogens (tertiary/aromatic N) is 4. The maximum atomic E-state index is 13.0. The zero-order chi connectivity index (χ0) is 17.5. The number of rotatable bonds is 5. The molecular formula is C20H26N4O2. The molecule has 2 aromatic rings. The van der Waals surface area contributed by atoms with Gasteiger partial charge in [-0.15, -0.1) is 0 Å². The van der Waals surface area contributed by atoms with E-state index in [1.165, 1.54) is 32.2 Å². The second kappa shape index (κ2) is 6.58. The van der Waals surface area contributed by atoms with Crippen molar-refractivity contribution >= 4 is 5.91 Å². The van der Waals surface area contributed by atoms with Gasteiger partial charge in [-0.3, -0.25) is 14.4 Å². The van der Waals surface area contributed by atoms with Crippen LogP contribution in [0.4, 0.5) is 0 Å². The van der Waals surface area contributed by atoms with Gasteiger partial charge in [0.05, 0.1) is 6.54 Å². The molecule has 0 spiro atoms. The van der Waals surface area contributed by atoms with E-state index in [1.807, 2.05) is 29.3 Å². The molecule has 6 nitrogen and oxygen atoms in total. The van der Waals surface area contributed by atoms with Crippen LogP contribution >= 0.6 is 0 Å².